The molecule has 1 aromatic heterocycles. The first-order chi connectivity index (χ1) is 29.6. The fraction of sp³-hybridized carbons (Fsp3) is 0.617. The summed E-state index contributed by atoms with van der Waals surface area (Å²) in [6, 6.07) is 11.0. The molecule has 4 aliphatic heterocycles. The molecular formula is C47H64FN7O7. The number of piperidine rings is 1. The molecule has 15 heteroatoms. The van der Waals surface area contributed by atoms with Crippen molar-refractivity contribution in [2.45, 2.75) is 122 Å². The molecule has 2 unspecified atom stereocenters. The molecule has 5 fully saturated rings. The van der Waals surface area contributed by atoms with Crippen molar-refractivity contribution in [3.8, 4) is 0 Å². The average molecular weight is 858 g/mol. The van der Waals surface area contributed by atoms with E-state index in [9.17, 15) is 24.0 Å². The Hall–Kier alpha value is -4.89. The third kappa shape index (κ3) is 10.3. The van der Waals surface area contributed by atoms with Crippen LogP contribution in [0.25, 0.3) is 10.8 Å². The van der Waals surface area contributed by atoms with Gasteiger partial charge in [-0.15, -0.1) is 0 Å². The molecule has 4 amide bonds. The number of aromatic amines is 1. The molecule has 8 rings (SSSR count). The van der Waals surface area contributed by atoms with E-state index in [4.69, 9.17) is 9.47 Å². The van der Waals surface area contributed by atoms with E-state index in [0.29, 0.717) is 61.2 Å². The number of rotatable bonds is 13. The number of piperazine rings is 1. The molecule has 5 aliphatic rings. The number of hydrogen-bond donors (Lipinski definition) is 3. The van der Waals surface area contributed by atoms with Gasteiger partial charge < -0.3 is 34.8 Å². The summed E-state index contributed by atoms with van der Waals surface area (Å²) in [5.74, 6) is -1.19. The maximum Gasteiger partial charge on any atom is 0.408 e. The predicted octanol–water partition coefficient (Wildman–Crippen LogP) is 5.57. The Balaban J connectivity index is 0.867. The first-order valence-corrected chi connectivity index (χ1v) is 22.6. The lowest BCUT2D eigenvalue weighted by molar-refractivity contribution is -0.176. The number of likely N-dealkylation sites (tertiary alicyclic amines) is 1. The van der Waals surface area contributed by atoms with E-state index in [-0.39, 0.29) is 40.4 Å². The van der Waals surface area contributed by atoms with Crippen molar-refractivity contribution in [1.29, 1.82) is 0 Å². The van der Waals surface area contributed by atoms with Gasteiger partial charge in [0, 0.05) is 50.4 Å². The second-order valence-corrected chi connectivity index (χ2v) is 19.0. The molecule has 2 bridgehead atoms. The molecule has 2 atom stereocenters. The molecule has 0 radical (unpaired) electrons. The van der Waals surface area contributed by atoms with Crippen LogP contribution in [-0.2, 0) is 25.5 Å². The first-order valence-electron chi connectivity index (χ1n) is 22.6. The molecule has 62 heavy (non-hydrogen) atoms. The van der Waals surface area contributed by atoms with Crippen LogP contribution in [0.2, 0.25) is 0 Å². The third-order valence-electron chi connectivity index (χ3n) is 13.5. The molecule has 2 aromatic carbocycles. The number of fused-ring (bicyclic) bond motifs is 4. The second kappa shape index (κ2) is 18.8. The van der Waals surface area contributed by atoms with E-state index in [1.807, 2.05) is 44.7 Å². The SMILES string of the molecule is CCCC(CC)C(NC(=O)OC(C)(C)C)C(=O)NC12CCC(CN3CCC(C(=O)N4CCN(C(=O)c5cc(Cc6n[nH]c(=O)c7ccccc67)ccc5F)CC4)CC3)(CC1)OC2. The minimum atomic E-state index is -0.692. The van der Waals surface area contributed by atoms with Crippen molar-refractivity contribution in [3.63, 3.8) is 0 Å². The Labute approximate surface area is 363 Å². The van der Waals surface area contributed by atoms with Crippen molar-refractivity contribution in [2.75, 3.05) is 52.4 Å². The molecular weight excluding hydrogens is 794 g/mol. The quantitative estimate of drug-likeness (QED) is 0.199. The summed E-state index contributed by atoms with van der Waals surface area (Å²) in [7, 11) is 0. The molecule has 14 nitrogen and oxygen atoms in total. The van der Waals surface area contributed by atoms with E-state index in [2.05, 4.69) is 32.7 Å². The van der Waals surface area contributed by atoms with Crippen LogP contribution >= 0.6 is 0 Å². The minimum Gasteiger partial charge on any atom is -0.444 e. The lowest BCUT2D eigenvalue weighted by Crippen LogP contribution is -2.67. The Morgan fingerprint density at radius 3 is 2.26 bits per heavy atom. The number of nitrogens with one attached hydrogen (secondary N) is 3. The smallest absolute Gasteiger partial charge is 0.408 e. The number of benzene rings is 2. The lowest BCUT2D eigenvalue weighted by atomic mass is 9.70. The van der Waals surface area contributed by atoms with Gasteiger partial charge in [0.1, 0.15) is 17.5 Å². The van der Waals surface area contributed by atoms with Crippen LogP contribution in [-0.4, -0.2) is 124 Å². The third-order valence-corrected chi connectivity index (χ3v) is 13.5. The Morgan fingerprint density at radius 1 is 0.952 bits per heavy atom. The molecule has 336 valence electrons. The number of ether oxygens (including phenoxy) is 2. The number of hydrogen-bond acceptors (Lipinski definition) is 9. The topological polar surface area (TPSA) is 166 Å². The first kappa shape index (κ1) is 45.1. The van der Waals surface area contributed by atoms with Crippen molar-refractivity contribution < 1.29 is 33.0 Å². The van der Waals surface area contributed by atoms with Crippen molar-refractivity contribution in [3.05, 3.63) is 75.5 Å². The highest BCUT2D eigenvalue weighted by Gasteiger charge is 2.52. The Morgan fingerprint density at radius 2 is 1.63 bits per heavy atom. The van der Waals surface area contributed by atoms with Crippen LogP contribution in [0.5, 0.6) is 0 Å². The molecule has 0 spiro atoms. The molecule has 5 heterocycles. The predicted molar refractivity (Wildman–Crippen MR) is 233 cm³/mol. The van der Waals surface area contributed by atoms with Crippen molar-refractivity contribution in [1.82, 2.24) is 35.5 Å². The number of amides is 4. The van der Waals surface area contributed by atoms with Crippen LogP contribution in [0.3, 0.4) is 0 Å². The maximum absolute atomic E-state index is 15.1. The summed E-state index contributed by atoms with van der Waals surface area (Å²) in [4.78, 5) is 72.1. The lowest BCUT2D eigenvalue weighted by Gasteiger charge is -2.55. The molecule has 3 aromatic rings. The van der Waals surface area contributed by atoms with E-state index in [1.165, 1.54) is 6.07 Å². The highest BCUT2D eigenvalue weighted by molar-refractivity contribution is 5.95. The van der Waals surface area contributed by atoms with Crippen molar-refractivity contribution >= 4 is 34.6 Å². The van der Waals surface area contributed by atoms with E-state index < -0.39 is 35.0 Å². The second-order valence-electron chi connectivity index (χ2n) is 19.0. The van der Waals surface area contributed by atoms with Crippen LogP contribution in [0, 0.1) is 17.7 Å². The minimum absolute atomic E-state index is 0.0121. The van der Waals surface area contributed by atoms with Gasteiger partial charge in [0.15, 0.2) is 0 Å². The largest absolute Gasteiger partial charge is 0.444 e. The maximum atomic E-state index is 15.1. The van der Waals surface area contributed by atoms with Crippen molar-refractivity contribution in [2.24, 2.45) is 11.8 Å². The molecule has 1 saturated carbocycles. The number of alkyl carbamates (subject to hydrolysis) is 1. The average Bonchev–Trinajstić information content (AvgIpc) is 3.26. The van der Waals surface area contributed by atoms with Crippen LogP contribution in [0.4, 0.5) is 9.18 Å². The fourth-order valence-electron chi connectivity index (χ4n) is 9.93. The number of nitrogens with zero attached hydrogens (tertiary/aromatic N) is 4. The number of halogens is 1. The zero-order valence-corrected chi connectivity index (χ0v) is 37.0. The highest BCUT2D eigenvalue weighted by Crippen LogP contribution is 2.44. The molecule has 3 N–H and O–H groups in total. The monoisotopic (exact) mass is 857 g/mol. The fourth-order valence-corrected chi connectivity index (χ4v) is 9.93. The molecule has 4 saturated heterocycles. The zero-order valence-electron chi connectivity index (χ0n) is 37.0. The molecule has 1 aliphatic carbocycles. The summed E-state index contributed by atoms with van der Waals surface area (Å²) < 4.78 is 27.2. The van der Waals surface area contributed by atoms with Gasteiger partial charge in [-0.2, -0.15) is 5.10 Å². The van der Waals surface area contributed by atoms with Gasteiger partial charge in [0.05, 0.1) is 34.4 Å². The van der Waals surface area contributed by atoms with Gasteiger partial charge >= 0.3 is 6.09 Å². The number of carbonyl (C=O) groups excluding carboxylic acids is 4. The Kier molecular flexibility index (Phi) is 13.7. The van der Waals surface area contributed by atoms with Gasteiger partial charge in [-0.3, -0.25) is 19.2 Å². The van der Waals surface area contributed by atoms with Gasteiger partial charge in [0.2, 0.25) is 11.8 Å². The van der Waals surface area contributed by atoms with Gasteiger partial charge in [-0.1, -0.05) is 51.0 Å². The summed E-state index contributed by atoms with van der Waals surface area (Å²) in [5, 5.41) is 14.2. The number of carbonyl (C=O) groups is 4. The normalized spacial score (nSPS) is 23.2. The highest BCUT2D eigenvalue weighted by atomic mass is 19.1. The van der Waals surface area contributed by atoms with Crippen LogP contribution in [0.1, 0.15) is 114 Å². The van der Waals surface area contributed by atoms with E-state index >= 15 is 4.39 Å². The zero-order chi connectivity index (χ0) is 44.2. The van der Waals surface area contributed by atoms with E-state index in [0.717, 1.165) is 77.4 Å². The van der Waals surface area contributed by atoms with E-state index in [1.54, 1.807) is 29.2 Å². The number of aromatic nitrogens is 2. The Bertz CT molecular complexity index is 2150. The summed E-state index contributed by atoms with van der Waals surface area (Å²) in [5.41, 5.74) is -0.414. The number of H-pyrrole nitrogens is 1. The summed E-state index contributed by atoms with van der Waals surface area (Å²) >= 11 is 0. The van der Waals surface area contributed by atoms with Crippen LogP contribution in [0.15, 0.2) is 47.3 Å². The van der Waals surface area contributed by atoms with Crippen LogP contribution < -0.4 is 16.2 Å². The summed E-state index contributed by atoms with van der Waals surface area (Å²) in [6.07, 6.45) is 6.93. The van der Waals surface area contributed by atoms with Gasteiger partial charge in [-0.05, 0) is 108 Å². The van der Waals surface area contributed by atoms with Gasteiger partial charge in [-0.25, -0.2) is 14.3 Å². The summed E-state index contributed by atoms with van der Waals surface area (Å²) in [6.45, 7) is 13.8. The van der Waals surface area contributed by atoms with Gasteiger partial charge in [0.25, 0.3) is 11.5 Å². The standard InChI is InChI=1S/C47H64FN7O7/c1-6-10-32(7-2)39(49-44(60)62-45(3,4)5)41(57)50-46-17-19-47(20-18-46,61-30-46)29-53-21-15-33(16-22-53)42(58)54-23-25-55(26-24-54)43(59)36-27-31(13-14-37(36)48)28-38-34-11-8-9-12-35(34)40(56)52-51-38/h8-9,11-14,27,32-33,39H,6-7,10,15-26,28-30H2,1-5H3,(H,49,60)(H,50,57)(H,52,56).